The number of likely N-dealkylation sites (N-methyl/N-ethyl adjacent to an activating group) is 1. The molecule has 0 bridgehead atoms. The summed E-state index contributed by atoms with van der Waals surface area (Å²) in [7, 11) is 2.11. The number of H-pyrrole nitrogens is 1. The summed E-state index contributed by atoms with van der Waals surface area (Å²) in [5, 5.41) is 10.2. The molecule has 7 nitrogen and oxygen atoms in total. The SMILES string of the molecule is CN1CCN(c2ccc(C(=O)Nc3n[nH]c4ccc(OCc5c(F)ccc(F)c5Cl)cc34)cc2)CC1. The summed E-state index contributed by atoms with van der Waals surface area (Å²) in [5.74, 6) is -0.955. The average Bonchev–Trinajstić information content (AvgIpc) is 3.28. The highest BCUT2D eigenvalue weighted by atomic mass is 35.5. The van der Waals surface area contributed by atoms with Crippen LogP contribution in [0.1, 0.15) is 15.9 Å². The number of piperazine rings is 1. The first-order valence-electron chi connectivity index (χ1n) is 11.5. The van der Waals surface area contributed by atoms with E-state index in [1.165, 1.54) is 0 Å². The van der Waals surface area contributed by atoms with Crippen molar-refractivity contribution in [1.29, 1.82) is 0 Å². The molecule has 0 unspecified atom stereocenters. The van der Waals surface area contributed by atoms with E-state index in [0.717, 1.165) is 44.0 Å². The fourth-order valence-electron chi connectivity index (χ4n) is 4.10. The van der Waals surface area contributed by atoms with Crippen LogP contribution in [0.15, 0.2) is 54.6 Å². The van der Waals surface area contributed by atoms with E-state index in [9.17, 15) is 13.6 Å². The molecule has 10 heteroatoms. The van der Waals surface area contributed by atoms with Crippen LogP contribution in [0.2, 0.25) is 5.02 Å². The second-order valence-corrected chi connectivity index (χ2v) is 9.06. The van der Waals surface area contributed by atoms with Gasteiger partial charge in [0.25, 0.3) is 5.91 Å². The Bertz CT molecular complexity index is 1400. The Morgan fingerprint density at radius 3 is 2.53 bits per heavy atom. The van der Waals surface area contributed by atoms with E-state index >= 15 is 0 Å². The summed E-state index contributed by atoms with van der Waals surface area (Å²) >= 11 is 5.88. The molecule has 4 aromatic rings. The third-order valence-corrected chi connectivity index (χ3v) is 6.69. The lowest BCUT2D eigenvalue weighted by atomic mass is 10.1. The molecule has 0 aliphatic carbocycles. The monoisotopic (exact) mass is 511 g/mol. The van der Waals surface area contributed by atoms with Gasteiger partial charge in [0.1, 0.15) is 24.0 Å². The number of nitrogens with zero attached hydrogens (tertiary/aromatic N) is 3. The lowest BCUT2D eigenvalue weighted by Crippen LogP contribution is -2.44. The van der Waals surface area contributed by atoms with E-state index in [-0.39, 0.29) is 23.1 Å². The van der Waals surface area contributed by atoms with Crippen LogP contribution >= 0.6 is 11.6 Å². The largest absolute Gasteiger partial charge is 0.489 e. The van der Waals surface area contributed by atoms with Crippen LogP contribution in [0.25, 0.3) is 10.9 Å². The van der Waals surface area contributed by atoms with Gasteiger partial charge in [-0.2, -0.15) is 5.10 Å². The van der Waals surface area contributed by atoms with Gasteiger partial charge in [0.15, 0.2) is 5.82 Å². The van der Waals surface area contributed by atoms with Crippen molar-refractivity contribution in [3.8, 4) is 5.75 Å². The number of hydrogen-bond donors (Lipinski definition) is 2. The third-order valence-electron chi connectivity index (χ3n) is 6.29. The number of fused-ring (bicyclic) bond motifs is 1. The molecule has 0 spiro atoms. The molecule has 2 N–H and O–H groups in total. The first-order chi connectivity index (χ1) is 17.4. The van der Waals surface area contributed by atoms with E-state index in [1.54, 1.807) is 30.3 Å². The molecule has 36 heavy (non-hydrogen) atoms. The van der Waals surface area contributed by atoms with Gasteiger partial charge < -0.3 is 19.9 Å². The maximum absolute atomic E-state index is 14.1. The van der Waals surface area contributed by atoms with Gasteiger partial charge >= 0.3 is 0 Å². The second kappa shape index (κ2) is 10.1. The number of benzene rings is 3. The van der Waals surface area contributed by atoms with Gasteiger partial charge in [-0.15, -0.1) is 0 Å². The fourth-order valence-corrected chi connectivity index (χ4v) is 4.31. The van der Waals surface area contributed by atoms with Crippen LogP contribution in [0.3, 0.4) is 0 Å². The number of anilines is 2. The highest BCUT2D eigenvalue weighted by molar-refractivity contribution is 6.31. The summed E-state index contributed by atoms with van der Waals surface area (Å²) in [5.41, 5.74) is 2.20. The number of carbonyl (C=O) groups is 1. The van der Waals surface area contributed by atoms with Gasteiger partial charge in [-0.1, -0.05) is 11.6 Å². The number of aromatic amines is 1. The first kappa shape index (κ1) is 24.0. The lowest BCUT2D eigenvalue weighted by Gasteiger charge is -2.34. The van der Waals surface area contributed by atoms with Gasteiger partial charge in [0.2, 0.25) is 0 Å². The zero-order valence-corrected chi connectivity index (χ0v) is 20.3. The normalized spacial score (nSPS) is 14.3. The Hall–Kier alpha value is -3.69. The zero-order valence-electron chi connectivity index (χ0n) is 19.5. The molecule has 1 aliphatic heterocycles. The molecular weight excluding hydrogens is 488 g/mol. The molecule has 2 heterocycles. The number of amides is 1. The number of carbonyl (C=O) groups excluding carboxylic acids is 1. The Morgan fingerprint density at radius 2 is 1.78 bits per heavy atom. The maximum atomic E-state index is 14.1. The van der Waals surface area contributed by atoms with Crippen LogP contribution in [0.4, 0.5) is 20.3 Å². The van der Waals surface area contributed by atoms with Crippen LogP contribution < -0.4 is 15.0 Å². The van der Waals surface area contributed by atoms with E-state index in [2.05, 4.69) is 32.4 Å². The Labute approximate surface area is 211 Å². The summed E-state index contributed by atoms with van der Waals surface area (Å²) in [6.45, 7) is 3.65. The number of aromatic nitrogens is 2. The minimum atomic E-state index is -0.719. The van der Waals surface area contributed by atoms with Gasteiger partial charge in [-0.3, -0.25) is 9.89 Å². The lowest BCUT2D eigenvalue weighted by molar-refractivity contribution is 0.102. The van der Waals surface area contributed by atoms with Gasteiger partial charge in [-0.25, -0.2) is 8.78 Å². The highest BCUT2D eigenvalue weighted by Gasteiger charge is 2.17. The van der Waals surface area contributed by atoms with Gasteiger partial charge in [0.05, 0.1) is 10.5 Å². The summed E-state index contributed by atoms with van der Waals surface area (Å²) in [6.07, 6.45) is 0. The van der Waals surface area contributed by atoms with Crippen molar-refractivity contribution in [2.75, 3.05) is 43.4 Å². The van der Waals surface area contributed by atoms with E-state index in [0.29, 0.717) is 28.0 Å². The van der Waals surface area contributed by atoms with Crippen molar-refractivity contribution in [1.82, 2.24) is 15.1 Å². The van der Waals surface area contributed by atoms with Gasteiger partial charge in [-0.05, 0) is 61.6 Å². The Balaban J connectivity index is 1.28. The number of nitrogens with one attached hydrogen (secondary N) is 2. The van der Waals surface area contributed by atoms with Crippen LogP contribution in [-0.4, -0.2) is 54.2 Å². The topological polar surface area (TPSA) is 73.5 Å². The second-order valence-electron chi connectivity index (χ2n) is 8.68. The van der Waals surface area contributed by atoms with Crippen molar-refractivity contribution < 1.29 is 18.3 Å². The molecule has 0 radical (unpaired) electrons. The predicted octanol–water partition coefficient (Wildman–Crippen LogP) is 5.08. The highest BCUT2D eigenvalue weighted by Crippen LogP contribution is 2.28. The van der Waals surface area contributed by atoms with Crippen molar-refractivity contribution in [2.45, 2.75) is 6.61 Å². The number of halogens is 3. The van der Waals surface area contributed by atoms with Crippen molar-refractivity contribution in [2.24, 2.45) is 0 Å². The van der Waals surface area contributed by atoms with E-state index in [4.69, 9.17) is 16.3 Å². The summed E-state index contributed by atoms with van der Waals surface area (Å²) in [4.78, 5) is 17.5. The molecule has 1 fully saturated rings. The maximum Gasteiger partial charge on any atom is 0.256 e. The smallest absolute Gasteiger partial charge is 0.256 e. The molecule has 5 rings (SSSR count). The van der Waals surface area contributed by atoms with Crippen LogP contribution in [-0.2, 0) is 6.61 Å². The fraction of sp³-hybridized carbons (Fsp3) is 0.231. The first-order valence-corrected chi connectivity index (χ1v) is 11.8. The Morgan fingerprint density at radius 1 is 1.06 bits per heavy atom. The standard InChI is InChI=1S/C26H24ClF2N5O2/c1-33-10-12-34(13-11-33)17-4-2-16(3-5-17)26(35)30-25-19-14-18(6-9-23(19)31-32-25)36-15-20-21(28)7-8-22(29)24(20)27/h2-9,14H,10-13,15H2,1H3,(H2,30,31,32,35). The molecule has 1 aliphatic rings. The number of rotatable bonds is 6. The predicted molar refractivity (Wildman–Crippen MR) is 136 cm³/mol. The van der Waals surface area contributed by atoms with Crippen molar-refractivity contribution >= 4 is 39.9 Å². The zero-order chi connectivity index (χ0) is 25.2. The summed E-state index contributed by atoms with van der Waals surface area (Å²) in [6, 6.07) is 14.5. The summed E-state index contributed by atoms with van der Waals surface area (Å²) < 4.78 is 33.4. The number of hydrogen-bond acceptors (Lipinski definition) is 5. The van der Waals surface area contributed by atoms with Gasteiger partial charge in [0, 0.05) is 48.4 Å². The minimum Gasteiger partial charge on any atom is -0.489 e. The minimum absolute atomic E-state index is 0.0718. The quantitative estimate of drug-likeness (QED) is 0.353. The number of ether oxygens (including phenoxy) is 1. The molecule has 1 saturated heterocycles. The van der Waals surface area contributed by atoms with Crippen LogP contribution in [0.5, 0.6) is 5.75 Å². The van der Waals surface area contributed by atoms with E-state index in [1.807, 2.05) is 12.1 Å². The Kier molecular flexibility index (Phi) is 6.75. The van der Waals surface area contributed by atoms with Crippen molar-refractivity contribution in [3.05, 3.63) is 82.4 Å². The van der Waals surface area contributed by atoms with Crippen LogP contribution in [0, 0.1) is 11.6 Å². The molecular formula is C26H24ClF2N5O2. The van der Waals surface area contributed by atoms with Crippen molar-refractivity contribution in [3.63, 3.8) is 0 Å². The van der Waals surface area contributed by atoms with E-state index < -0.39 is 11.6 Å². The molecule has 3 aromatic carbocycles. The molecule has 1 amide bonds. The molecule has 186 valence electrons. The molecule has 0 atom stereocenters. The third kappa shape index (κ3) is 4.98. The average molecular weight is 512 g/mol. The molecule has 1 aromatic heterocycles. The molecule has 0 saturated carbocycles.